The second-order valence-electron chi connectivity index (χ2n) is 4.45. The number of carbonyl (C=O) groups is 1. The van der Waals surface area contributed by atoms with E-state index in [0.29, 0.717) is 26.3 Å². The number of ether oxygens (including phenoxy) is 2. The van der Waals surface area contributed by atoms with Gasteiger partial charge in [0.15, 0.2) is 0 Å². The van der Waals surface area contributed by atoms with Gasteiger partial charge in [-0.2, -0.15) is 0 Å². The number of morpholine rings is 1. The normalized spacial score (nSPS) is 17.4. The lowest BCUT2D eigenvalue weighted by atomic mass is 10.2. The SMILES string of the molecule is CC(C)(C)OC(=O)C(=N)N1CCOCC1. The first-order valence-corrected chi connectivity index (χ1v) is 5.05. The van der Waals surface area contributed by atoms with Crippen LogP contribution < -0.4 is 0 Å². The fourth-order valence-corrected chi connectivity index (χ4v) is 1.24. The van der Waals surface area contributed by atoms with Crippen LogP contribution >= 0.6 is 0 Å². The van der Waals surface area contributed by atoms with E-state index < -0.39 is 11.6 Å². The maximum Gasteiger partial charge on any atom is 0.374 e. The lowest BCUT2D eigenvalue weighted by Gasteiger charge is -2.29. The molecule has 15 heavy (non-hydrogen) atoms. The maximum atomic E-state index is 11.5. The number of carbonyl (C=O) groups excluding carboxylic acids is 1. The monoisotopic (exact) mass is 214 g/mol. The number of esters is 1. The number of hydrogen-bond acceptors (Lipinski definition) is 4. The first kappa shape index (κ1) is 12.0. The van der Waals surface area contributed by atoms with Gasteiger partial charge in [-0.3, -0.25) is 5.41 Å². The van der Waals surface area contributed by atoms with Gasteiger partial charge in [-0.25, -0.2) is 4.79 Å². The van der Waals surface area contributed by atoms with Crippen molar-refractivity contribution in [3.63, 3.8) is 0 Å². The fraction of sp³-hybridized carbons (Fsp3) is 0.800. The molecule has 0 aromatic rings. The highest BCUT2D eigenvalue weighted by Crippen LogP contribution is 2.09. The molecule has 0 aromatic heterocycles. The van der Waals surface area contributed by atoms with Crippen LogP contribution in [0.25, 0.3) is 0 Å². The molecule has 1 fully saturated rings. The van der Waals surface area contributed by atoms with Crippen LogP contribution in [0.1, 0.15) is 20.8 Å². The predicted octanol–water partition coefficient (Wildman–Crippen LogP) is 0.638. The summed E-state index contributed by atoms with van der Waals surface area (Å²) >= 11 is 0. The molecule has 0 spiro atoms. The number of nitrogens with one attached hydrogen (secondary N) is 1. The largest absolute Gasteiger partial charge is 0.454 e. The maximum absolute atomic E-state index is 11.5. The second kappa shape index (κ2) is 4.61. The third-order valence-corrected chi connectivity index (χ3v) is 1.92. The highest BCUT2D eigenvalue weighted by atomic mass is 16.6. The fourth-order valence-electron chi connectivity index (χ4n) is 1.24. The van der Waals surface area contributed by atoms with Gasteiger partial charge in [0.1, 0.15) is 5.60 Å². The molecule has 0 aromatic carbocycles. The summed E-state index contributed by atoms with van der Waals surface area (Å²) in [5.41, 5.74) is -0.546. The number of amidine groups is 1. The van der Waals surface area contributed by atoms with Crippen LogP contribution in [0.4, 0.5) is 0 Å². The Kier molecular flexibility index (Phi) is 3.68. The second-order valence-corrected chi connectivity index (χ2v) is 4.45. The summed E-state index contributed by atoms with van der Waals surface area (Å²) in [5.74, 6) is -0.641. The van der Waals surface area contributed by atoms with Gasteiger partial charge >= 0.3 is 5.97 Å². The van der Waals surface area contributed by atoms with Crippen LogP contribution in [0.15, 0.2) is 0 Å². The molecule has 0 radical (unpaired) electrons. The summed E-state index contributed by atoms with van der Waals surface area (Å²) < 4.78 is 10.2. The lowest BCUT2D eigenvalue weighted by Crippen LogP contribution is -2.45. The summed E-state index contributed by atoms with van der Waals surface area (Å²) in [6, 6.07) is 0. The molecule has 0 atom stereocenters. The molecule has 0 amide bonds. The minimum atomic E-state index is -0.565. The standard InChI is InChI=1S/C10H18N2O3/c1-10(2,3)15-9(13)8(11)12-4-6-14-7-5-12/h11H,4-7H2,1-3H3. The Labute approximate surface area is 89.9 Å². The first-order valence-electron chi connectivity index (χ1n) is 5.05. The van der Waals surface area contributed by atoms with Crippen molar-refractivity contribution in [2.75, 3.05) is 26.3 Å². The molecule has 1 aliphatic rings. The van der Waals surface area contributed by atoms with E-state index in [-0.39, 0.29) is 5.84 Å². The molecule has 0 unspecified atom stereocenters. The molecular formula is C10H18N2O3. The van der Waals surface area contributed by atoms with E-state index in [1.165, 1.54) is 0 Å². The van der Waals surface area contributed by atoms with Crippen molar-refractivity contribution >= 4 is 11.8 Å². The van der Waals surface area contributed by atoms with E-state index in [1.807, 2.05) is 0 Å². The molecule has 5 nitrogen and oxygen atoms in total. The van der Waals surface area contributed by atoms with Crippen molar-refractivity contribution < 1.29 is 14.3 Å². The third-order valence-electron chi connectivity index (χ3n) is 1.92. The van der Waals surface area contributed by atoms with Crippen molar-refractivity contribution in [1.82, 2.24) is 4.90 Å². The van der Waals surface area contributed by atoms with Crippen LogP contribution in [0.5, 0.6) is 0 Å². The van der Waals surface area contributed by atoms with Gasteiger partial charge in [0.25, 0.3) is 0 Å². The lowest BCUT2D eigenvalue weighted by molar-refractivity contribution is -0.147. The van der Waals surface area contributed by atoms with Gasteiger partial charge < -0.3 is 14.4 Å². The zero-order valence-corrected chi connectivity index (χ0v) is 9.50. The molecule has 0 aliphatic carbocycles. The van der Waals surface area contributed by atoms with Crippen LogP contribution in [-0.2, 0) is 14.3 Å². The molecule has 0 bridgehead atoms. The average molecular weight is 214 g/mol. The Morgan fingerprint density at radius 2 is 1.87 bits per heavy atom. The number of nitrogens with zero attached hydrogens (tertiary/aromatic N) is 1. The zero-order chi connectivity index (χ0) is 11.5. The molecule has 1 heterocycles. The van der Waals surface area contributed by atoms with E-state index in [2.05, 4.69) is 0 Å². The molecule has 1 aliphatic heterocycles. The third kappa shape index (κ3) is 3.87. The highest BCUT2D eigenvalue weighted by molar-refractivity contribution is 6.33. The predicted molar refractivity (Wildman–Crippen MR) is 56.0 cm³/mol. The minimum absolute atomic E-state index is 0.0757. The van der Waals surface area contributed by atoms with Gasteiger partial charge in [0.05, 0.1) is 13.2 Å². The van der Waals surface area contributed by atoms with E-state index in [9.17, 15) is 4.79 Å². The van der Waals surface area contributed by atoms with Crippen LogP contribution in [0, 0.1) is 5.41 Å². The molecule has 1 N–H and O–H groups in total. The highest BCUT2D eigenvalue weighted by Gasteiger charge is 2.25. The van der Waals surface area contributed by atoms with Crippen molar-refractivity contribution in [2.24, 2.45) is 0 Å². The smallest absolute Gasteiger partial charge is 0.374 e. The molecule has 1 saturated heterocycles. The summed E-state index contributed by atoms with van der Waals surface area (Å²) in [6.07, 6.45) is 0. The summed E-state index contributed by atoms with van der Waals surface area (Å²) in [7, 11) is 0. The zero-order valence-electron chi connectivity index (χ0n) is 9.50. The first-order chi connectivity index (χ1) is 6.90. The summed E-state index contributed by atoms with van der Waals surface area (Å²) in [5, 5.41) is 7.66. The molecule has 0 saturated carbocycles. The number of rotatable bonds is 0. The Bertz CT molecular complexity index is 252. The Morgan fingerprint density at radius 1 is 1.33 bits per heavy atom. The van der Waals surface area contributed by atoms with E-state index in [1.54, 1.807) is 25.7 Å². The van der Waals surface area contributed by atoms with E-state index >= 15 is 0 Å². The van der Waals surface area contributed by atoms with Gasteiger partial charge in [-0.05, 0) is 20.8 Å². The topological polar surface area (TPSA) is 62.6 Å². The van der Waals surface area contributed by atoms with Gasteiger partial charge in [0.2, 0.25) is 5.84 Å². The van der Waals surface area contributed by atoms with Gasteiger partial charge in [-0.15, -0.1) is 0 Å². The van der Waals surface area contributed by atoms with E-state index in [0.717, 1.165) is 0 Å². The van der Waals surface area contributed by atoms with Crippen molar-refractivity contribution in [2.45, 2.75) is 26.4 Å². The minimum Gasteiger partial charge on any atom is -0.454 e. The quantitative estimate of drug-likeness (QED) is 0.365. The Hall–Kier alpha value is -1.10. The van der Waals surface area contributed by atoms with E-state index in [4.69, 9.17) is 14.9 Å². The van der Waals surface area contributed by atoms with Crippen molar-refractivity contribution in [1.29, 1.82) is 5.41 Å². The molecule has 5 heteroatoms. The van der Waals surface area contributed by atoms with Crippen LogP contribution in [0.2, 0.25) is 0 Å². The Balaban J connectivity index is 2.48. The molecule has 1 rings (SSSR count). The van der Waals surface area contributed by atoms with Gasteiger partial charge in [0, 0.05) is 13.1 Å². The summed E-state index contributed by atoms with van der Waals surface area (Å²) in [6.45, 7) is 7.65. The number of hydrogen-bond donors (Lipinski definition) is 1. The van der Waals surface area contributed by atoms with Crippen molar-refractivity contribution in [3.05, 3.63) is 0 Å². The van der Waals surface area contributed by atoms with Crippen LogP contribution in [-0.4, -0.2) is 48.6 Å². The van der Waals surface area contributed by atoms with Crippen molar-refractivity contribution in [3.8, 4) is 0 Å². The Morgan fingerprint density at radius 3 is 2.33 bits per heavy atom. The molecular weight excluding hydrogens is 196 g/mol. The van der Waals surface area contributed by atoms with Gasteiger partial charge in [-0.1, -0.05) is 0 Å². The van der Waals surface area contributed by atoms with Crippen LogP contribution in [0.3, 0.4) is 0 Å². The molecule has 86 valence electrons. The average Bonchev–Trinajstić information content (AvgIpc) is 2.15. The summed E-state index contributed by atoms with van der Waals surface area (Å²) in [4.78, 5) is 13.2.